The number of nitrogens with one attached hydrogen (secondary N) is 1. The van der Waals surface area contributed by atoms with E-state index in [9.17, 15) is 4.79 Å². The van der Waals surface area contributed by atoms with E-state index < -0.39 is 0 Å². The number of hydrazone groups is 1. The lowest BCUT2D eigenvalue weighted by atomic mass is 9.94. The maximum atomic E-state index is 11.0. The predicted molar refractivity (Wildman–Crippen MR) is 56.6 cm³/mol. The zero-order chi connectivity index (χ0) is 10.8. The molecule has 15 heavy (non-hydrogen) atoms. The van der Waals surface area contributed by atoms with Crippen molar-refractivity contribution >= 4 is 11.6 Å². The summed E-state index contributed by atoms with van der Waals surface area (Å²) in [6.07, 6.45) is 0.458. The van der Waals surface area contributed by atoms with E-state index in [1.165, 1.54) is 0 Å². The summed E-state index contributed by atoms with van der Waals surface area (Å²) in [5, 5.41) is 13.2. The van der Waals surface area contributed by atoms with Crippen LogP contribution in [-0.2, 0) is 4.79 Å². The number of phenols is 1. The van der Waals surface area contributed by atoms with Crippen LogP contribution in [0.2, 0.25) is 0 Å². The fourth-order valence-corrected chi connectivity index (χ4v) is 1.63. The molecule has 78 valence electrons. The fourth-order valence-electron chi connectivity index (χ4n) is 1.63. The minimum Gasteiger partial charge on any atom is -0.508 e. The Bertz CT molecular complexity index is 409. The van der Waals surface area contributed by atoms with Gasteiger partial charge in [-0.2, -0.15) is 5.10 Å². The molecule has 0 fully saturated rings. The van der Waals surface area contributed by atoms with Crippen LogP contribution in [0.15, 0.2) is 29.4 Å². The molecule has 1 aromatic carbocycles. The van der Waals surface area contributed by atoms with Crippen molar-refractivity contribution in [2.75, 3.05) is 0 Å². The van der Waals surface area contributed by atoms with Crippen molar-refractivity contribution in [1.29, 1.82) is 0 Å². The first-order chi connectivity index (χ1) is 7.16. The van der Waals surface area contributed by atoms with Crippen molar-refractivity contribution in [2.45, 2.75) is 13.3 Å². The Labute approximate surface area is 87.6 Å². The number of phenolic OH excluding ortho intramolecular Hbond substituents is 1. The molecule has 1 amide bonds. The molecule has 0 radical (unpaired) electrons. The van der Waals surface area contributed by atoms with Gasteiger partial charge in [-0.25, -0.2) is 5.43 Å². The average molecular weight is 204 g/mol. The Morgan fingerprint density at radius 1 is 1.40 bits per heavy atom. The molecule has 1 heterocycles. The Morgan fingerprint density at radius 2 is 2.07 bits per heavy atom. The minimum atomic E-state index is -0.0509. The van der Waals surface area contributed by atoms with E-state index >= 15 is 0 Å². The molecule has 0 saturated heterocycles. The summed E-state index contributed by atoms with van der Waals surface area (Å²) in [5.41, 5.74) is 4.25. The Kier molecular flexibility index (Phi) is 2.41. The maximum absolute atomic E-state index is 11.0. The van der Waals surface area contributed by atoms with Gasteiger partial charge >= 0.3 is 0 Å². The van der Waals surface area contributed by atoms with Gasteiger partial charge in [-0.05, 0) is 29.8 Å². The van der Waals surface area contributed by atoms with E-state index in [2.05, 4.69) is 10.5 Å². The lowest BCUT2D eigenvalue weighted by Gasteiger charge is -2.18. The van der Waals surface area contributed by atoms with E-state index in [-0.39, 0.29) is 17.6 Å². The average Bonchev–Trinajstić information content (AvgIpc) is 2.20. The van der Waals surface area contributed by atoms with Crippen LogP contribution in [0, 0.1) is 5.92 Å². The first-order valence-corrected chi connectivity index (χ1v) is 4.82. The second-order valence-electron chi connectivity index (χ2n) is 3.68. The highest BCUT2D eigenvalue weighted by Gasteiger charge is 2.21. The number of carbonyl (C=O) groups excluding carboxylic acids is 1. The molecule has 2 rings (SSSR count). The van der Waals surface area contributed by atoms with Crippen molar-refractivity contribution in [1.82, 2.24) is 5.43 Å². The first-order valence-electron chi connectivity index (χ1n) is 4.82. The van der Waals surface area contributed by atoms with Gasteiger partial charge in [0, 0.05) is 12.3 Å². The molecule has 1 aliphatic heterocycles. The smallest absolute Gasteiger partial charge is 0.240 e. The summed E-state index contributed by atoms with van der Waals surface area (Å²) < 4.78 is 0. The van der Waals surface area contributed by atoms with Gasteiger partial charge in [-0.3, -0.25) is 4.79 Å². The highest BCUT2D eigenvalue weighted by molar-refractivity contribution is 6.05. The van der Waals surface area contributed by atoms with Crippen molar-refractivity contribution < 1.29 is 9.90 Å². The Hall–Kier alpha value is -1.84. The second-order valence-corrected chi connectivity index (χ2v) is 3.68. The van der Waals surface area contributed by atoms with E-state index in [1.807, 2.05) is 6.92 Å². The van der Waals surface area contributed by atoms with Crippen molar-refractivity contribution in [3.8, 4) is 5.75 Å². The molecule has 0 saturated carbocycles. The minimum absolute atomic E-state index is 0.0509. The summed E-state index contributed by atoms with van der Waals surface area (Å²) in [6.45, 7) is 1.96. The third-order valence-electron chi connectivity index (χ3n) is 2.42. The van der Waals surface area contributed by atoms with Gasteiger partial charge in [0.25, 0.3) is 0 Å². The summed E-state index contributed by atoms with van der Waals surface area (Å²) in [5.74, 6) is 0.292. The van der Waals surface area contributed by atoms with Gasteiger partial charge < -0.3 is 5.11 Å². The Morgan fingerprint density at radius 3 is 2.67 bits per heavy atom. The molecule has 2 N–H and O–H groups in total. The lowest BCUT2D eigenvalue weighted by molar-refractivity contribution is -0.121. The molecular formula is C11H12N2O2. The predicted octanol–water partition coefficient (Wildman–Crippen LogP) is 1.25. The lowest BCUT2D eigenvalue weighted by Crippen LogP contribution is -2.31. The number of hydrogen-bond donors (Lipinski definition) is 2. The number of aromatic hydroxyl groups is 1. The molecule has 1 unspecified atom stereocenters. The summed E-state index contributed by atoms with van der Waals surface area (Å²) in [7, 11) is 0. The SMILES string of the molecule is CC1CC(=O)NN=C1c1ccc(O)cc1. The Balaban J connectivity index is 2.31. The van der Waals surface area contributed by atoms with Crippen molar-refractivity contribution in [3.05, 3.63) is 29.8 Å². The topological polar surface area (TPSA) is 61.7 Å². The number of hydrogen-bond acceptors (Lipinski definition) is 3. The number of benzene rings is 1. The monoisotopic (exact) mass is 204 g/mol. The molecule has 1 atom stereocenters. The largest absolute Gasteiger partial charge is 0.508 e. The second kappa shape index (κ2) is 3.73. The number of amides is 1. The third kappa shape index (κ3) is 1.98. The van der Waals surface area contributed by atoms with Crippen LogP contribution >= 0.6 is 0 Å². The first kappa shape index (κ1) is 9.71. The molecule has 0 spiro atoms. The summed E-state index contributed by atoms with van der Waals surface area (Å²) in [4.78, 5) is 11.0. The van der Waals surface area contributed by atoms with E-state index in [1.54, 1.807) is 24.3 Å². The van der Waals surface area contributed by atoms with E-state index in [0.29, 0.717) is 6.42 Å². The van der Waals surface area contributed by atoms with Crippen LogP contribution in [0.4, 0.5) is 0 Å². The van der Waals surface area contributed by atoms with Gasteiger partial charge in [0.05, 0.1) is 5.71 Å². The van der Waals surface area contributed by atoms with Crippen molar-refractivity contribution in [2.24, 2.45) is 11.0 Å². The van der Waals surface area contributed by atoms with Crippen molar-refractivity contribution in [3.63, 3.8) is 0 Å². The van der Waals surface area contributed by atoms with E-state index in [0.717, 1.165) is 11.3 Å². The quantitative estimate of drug-likeness (QED) is 0.723. The maximum Gasteiger partial charge on any atom is 0.240 e. The zero-order valence-corrected chi connectivity index (χ0v) is 8.40. The van der Waals surface area contributed by atoms with Gasteiger partial charge in [0.15, 0.2) is 0 Å². The van der Waals surface area contributed by atoms with Crippen LogP contribution in [-0.4, -0.2) is 16.7 Å². The van der Waals surface area contributed by atoms with Gasteiger partial charge in [0.2, 0.25) is 5.91 Å². The van der Waals surface area contributed by atoms with Gasteiger partial charge in [-0.1, -0.05) is 6.92 Å². The molecule has 0 aromatic heterocycles. The number of nitrogens with zero attached hydrogens (tertiary/aromatic N) is 1. The van der Waals surface area contributed by atoms with Gasteiger partial charge in [0.1, 0.15) is 5.75 Å². The molecular weight excluding hydrogens is 192 g/mol. The van der Waals surface area contributed by atoms with Gasteiger partial charge in [-0.15, -0.1) is 0 Å². The third-order valence-corrected chi connectivity index (χ3v) is 2.42. The summed E-state index contributed by atoms with van der Waals surface area (Å²) >= 11 is 0. The van der Waals surface area contributed by atoms with Crippen LogP contribution in [0.5, 0.6) is 5.75 Å². The molecule has 1 aliphatic rings. The fraction of sp³-hybridized carbons (Fsp3) is 0.273. The van der Waals surface area contributed by atoms with Crippen LogP contribution in [0.1, 0.15) is 18.9 Å². The van der Waals surface area contributed by atoms with Crippen LogP contribution in [0.25, 0.3) is 0 Å². The highest BCUT2D eigenvalue weighted by atomic mass is 16.3. The molecule has 4 nitrogen and oxygen atoms in total. The number of rotatable bonds is 1. The van der Waals surface area contributed by atoms with Crippen LogP contribution in [0.3, 0.4) is 0 Å². The molecule has 0 aliphatic carbocycles. The summed E-state index contributed by atoms with van der Waals surface area (Å²) in [6, 6.07) is 6.81. The highest BCUT2D eigenvalue weighted by Crippen LogP contribution is 2.18. The molecule has 4 heteroatoms. The zero-order valence-electron chi connectivity index (χ0n) is 8.40. The van der Waals surface area contributed by atoms with Crippen LogP contribution < -0.4 is 5.43 Å². The van der Waals surface area contributed by atoms with E-state index in [4.69, 9.17) is 5.11 Å². The number of carbonyl (C=O) groups is 1. The standard InChI is InChI=1S/C11H12N2O2/c1-7-6-10(15)12-13-11(7)8-2-4-9(14)5-3-8/h2-5,7,14H,6H2,1H3,(H,12,15). The molecule has 0 bridgehead atoms. The normalized spacial score (nSPS) is 20.7. The molecule has 1 aromatic rings.